The number of ether oxygens (including phenoxy) is 1. The van der Waals surface area contributed by atoms with E-state index in [-0.39, 0.29) is 6.04 Å². The summed E-state index contributed by atoms with van der Waals surface area (Å²) in [7, 11) is 1.61. The second-order valence-electron chi connectivity index (χ2n) is 5.55. The maximum Gasteiger partial charge on any atom is 0.416 e. The summed E-state index contributed by atoms with van der Waals surface area (Å²) in [4.78, 5) is 0. The van der Waals surface area contributed by atoms with Crippen LogP contribution in [0.1, 0.15) is 24.4 Å². The molecule has 2 heterocycles. The second-order valence-corrected chi connectivity index (χ2v) is 5.55. The molecule has 0 spiro atoms. The Morgan fingerprint density at radius 2 is 1.96 bits per heavy atom. The van der Waals surface area contributed by atoms with Crippen LogP contribution in [-0.4, -0.2) is 30.0 Å². The maximum atomic E-state index is 13.1. The number of nitrogens with zero attached hydrogens (tertiary/aromatic N) is 2. The number of halogens is 3. The quantitative estimate of drug-likeness (QED) is 0.928. The van der Waals surface area contributed by atoms with Gasteiger partial charge in [-0.1, -0.05) is 0 Å². The first-order valence-corrected chi connectivity index (χ1v) is 7.50. The van der Waals surface area contributed by atoms with Gasteiger partial charge >= 0.3 is 6.18 Å². The van der Waals surface area contributed by atoms with Crippen LogP contribution in [0, 0.1) is 0 Å². The van der Waals surface area contributed by atoms with Crippen LogP contribution in [-0.2, 0) is 10.9 Å². The van der Waals surface area contributed by atoms with Crippen molar-refractivity contribution < 1.29 is 17.9 Å². The number of benzene rings is 1. The standard InChI is InChI=1S/C16H18F3N3O/c1-20-13-9-11(8-12(10-13)16(17,18)19)15-2-5-21-22(15)14-3-6-23-7-4-14/h2,5,8-10,14,20H,3-4,6-7H2,1H3. The highest BCUT2D eigenvalue weighted by molar-refractivity contribution is 5.67. The number of hydrogen-bond donors (Lipinski definition) is 1. The maximum absolute atomic E-state index is 13.1. The van der Waals surface area contributed by atoms with Gasteiger partial charge in [0, 0.05) is 37.7 Å². The summed E-state index contributed by atoms with van der Waals surface area (Å²) in [5.74, 6) is 0. The van der Waals surface area contributed by atoms with Crippen molar-refractivity contribution in [2.24, 2.45) is 0 Å². The van der Waals surface area contributed by atoms with Crippen molar-refractivity contribution >= 4 is 5.69 Å². The van der Waals surface area contributed by atoms with E-state index in [9.17, 15) is 13.2 Å². The number of alkyl halides is 3. The molecule has 3 rings (SSSR count). The van der Waals surface area contributed by atoms with Crippen molar-refractivity contribution in [2.45, 2.75) is 25.1 Å². The lowest BCUT2D eigenvalue weighted by Gasteiger charge is -2.24. The van der Waals surface area contributed by atoms with E-state index in [2.05, 4.69) is 10.4 Å². The largest absolute Gasteiger partial charge is 0.416 e. The van der Waals surface area contributed by atoms with E-state index in [1.54, 1.807) is 25.4 Å². The van der Waals surface area contributed by atoms with Crippen molar-refractivity contribution in [1.29, 1.82) is 0 Å². The fraction of sp³-hybridized carbons (Fsp3) is 0.438. The smallest absolute Gasteiger partial charge is 0.388 e. The highest BCUT2D eigenvalue weighted by Gasteiger charge is 2.31. The van der Waals surface area contributed by atoms with Gasteiger partial charge in [0.1, 0.15) is 0 Å². The van der Waals surface area contributed by atoms with Crippen LogP contribution in [0.15, 0.2) is 30.5 Å². The fourth-order valence-electron chi connectivity index (χ4n) is 2.85. The normalized spacial score (nSPS) is 16.5. The Bertz CT molecular complexity index is 675. The molecular weight excluding hydrogens is 307 g/mol. The Hall–Kier alpha value is -2.02. The molecule has 124 valence electrons. The van der Waals surface area contributed by atoms with Gasteiger partial charge in [-0.3, -0.25) is 4.68 Å². The highest BCUT2D eigenvalue weighted by atomic mass is 19.4. The zero-order valence-corrected chi connectivity index (χ0v) is 12.7. The van der Waals surface area contributed by atoms with E-state index in [1.807, 2.05) is 4.68 Å². The van der Waals surface area contributed by atoms with Crippen LogP contribution < -0.4 is 5.32 Å². The summed E-state index contributed by atoms with van der Waals surface area (Å²) in [5.41, 5.74) is 0.960. The lowest BCUT2D eigenvalue weighted by atomic mass is 10.0. The number of nitrogens with one attached hydrogen (secondary N) is 1. The van der Waals surface area contributed by atoms with Crippen molar-refractivity contribution in [2.75, 3.05) is 25.6 Å². The predicted octanol–water partition coefficient (Wildman–Crippen LogP) is 3.96. The molecule has 0 radical (unpaired) electrons. The van der Waals surface area contributed by atoms with Gasteiger partial charge in [0.25, 0.3) is 0 Å². The van der Waals surface area contributed by atoms with Gasteiger partial charge in [-0.2, -0.15) is 18.3 Å². The van der Waals surface area contributed by atoms with Gasteiger partial charge in [-0.15, -0.1) is 0 Å². The van der Waals surface area contributed by atoms with Crippen LogP contribution >= 0.6 is 0 Å². The molecule has 1 fully saturated rings. The molecule has 23 heavy (non-hydrogen) atoms. The first kappa shape index (κ1) is 15.9. The molecule has 1 aliphatic rings. The summed E-state index contributed by atoms with van der Waals surface area (Å²) >= 11 is 0. The van der Waals surface area contributed by atoms with Gasteiger partial charge in [0.2, 0.25) is 0 Å². The second kappa shape index (κ2) is 6.23. The topological polar surface area (TPSA) is 39.1 Å². The third kappa shape index (κ3) is 3.34. The molecule has 0 amide bonds. The predicted molar refractivity (Wildman–Crippen MR) is 81.3 cm³/mol. The monoisotopic (exact) mass is 325 g/mol. The minimum atomic E-state index is -4.38. The zero-order chi connectivity index (χ0) is 16.4. The number of aromatic nitrogens is 2. The summed E-state index contributed by atoms with van der Waals surface area (Å²) < 4.78 is 46.5. The van der Waals surface area contributed by atoms with E-state index >= 15 is 0 Å². The van der Waals surface area contributed by atoms with Crippen LogP contribution in [0.3, 0.4) is 0 Å². The Morgan fingerprint density at radius 3 is 2.61 bits per heavy atom. The molecule has 1 aliphatic heterocycles. The SMILES string of the molecule is CNc1cc(-c2ccnn2C2CCOCC2)cc(C(F)(F)F)c1. The average molecular weight is 325 g/mol. The molecule has 0 bridgehead atoms. The van der Waals surface area contributed by atoms with Crippen LogP contribution in [0.2, 0.25) is 0 Å². The van der Waals surface area contributed by atoms with E-state index < -0.39 is 11.7 Å². The molecule has 4 nitrogen and oxygen atoms in total. The third-order valence-electron chi connectivity index (χ3n) is 4.05. The van der Waals surface area contributed by atoms with Crippen LogP contribution in [0.4, 0.5) is 18.9 Å². The Labute approximate surface area is 132 Å². The number of rotatable bonds is 3. The van der Waals surface area contributed by atoms with Gasteiger partial charge in [0.15, 0.2) is 0 Å². The molecule has 0 unspecified atom stereocenters. The molecule has 2 aromatic rings. The summed E-state index contributed by atoms with van der Waals surface area (Å²) in [6, 6.07) is 5.90. The number of hydrogen-bond acceptors (Lipinski definition) is 3. The summed E-state index contributed by atoms with van der Waals surface area (Å²) in [6.07, 6.45) is -1.13. The molecule has 1 saturated heterocycles. The van der Waals surface area contributed by atoms with Crippen molar-refractivity contribution in [3.8, 4) is 11.3 Å². The molecule has 0 saturated carbocycles. The van der Waals surface area contributed by atoms with Crippen molar-refractivity contribution in [3.63, 3.8) is 0 Å². The molecule has 1 N–H and O–H groups in total. The molecule has 0 aliphatic carbocycles. The Kier molecular flexibility index (Phi) is 4.30. The minimum absolute atomic E-state index is 0.154. The highest BCUT2D eigenvalue weighted by Crippen LogP contribution is 2.36. The van der Waals surface area contributed by atoms with Crippen LogP contribution in [0.25, 0.3) is 11.3 Å². The van der Waals surface area contributed by atoms with Gasteiger partial charge in [-0.05, 0) is 37.1 Å². The molecule has 7 heteroatoms. The van der Waals surface area contributed by atoms with Crippen LogP contribution in [0.5, 0.6) is 0 Å². The van der Waals surface area contributed by atoms with E-state index in [4.69, 9.17) is 4.74 Å². The molecule has 1 aromatic heterocycles. The Balaban J connectivity index is 2.03. The molecule has 1 aromatic carbocycles. The molecular formula is C16H18F3N3O. The lowest BCUT2D eigenvalue weighted by Crippen LogP contribution is -2.21. The Morgan fingerprint density at radius 1 is 1.22 bits per heavy atom. The first-order valence-electron chi connectivity index (χ1n) is 7.50. The van der Waals surface area contributed by atoms with Gasteiger partial charge in [0.05, 0.1) is 17.3 Å². The lowest BCUT2D eigenvalue weighted by molar-refractivity contribution is -0.137. The average Bonchev–Trinajstić information content (AvgIpc) is 3.04. The third-order valence-corrected chi connectivity index (χ3v) is 4.05. The van der Waals surface area contributed by atoms with E-state index in [1.165, 1.54) is 6.07 Å². The van der Waals surface area contributed by atoms with Gasteiger partial charge in [-0.25, -0.2) is 0 Å². The van der Waals surface area contributed by atoms with Crippen molar-refractivity contribution in [3.05, 3.63) is 36.0 Å². The number of anilines is 1. The minimum Gasteiger partial charge on any atom is -0.388 e. The summed E-state index contributed by atoms with van der Waals surface area (Å²) in [6.45, 7) is 1.29. The molecule has 0 atom stereocenters. The zero-order valence-electron chi connectivity index (χ0n) is 12.7. The van der Waals surface area contributed by atoms with E-state index in [0.717, 1.165) is 18.9 Å². The summed E-state index contributed by atoms with van der Waals surface area (Å²) in [5, 5.41) is 7.11. The first-order chi connectivity index (χ1) is 11.0. The van der Waals surface area contributed by atoms with E-state index in [0.29, 0.717) is 30.2 Å². The fourth-order valence-corrected chi connectivity index (χ4v) is 2.85. The van der Waals surface area contributed by atoms with Gasteiger partial charge < -0.3 is 10.1 Å². The van der Waals surface area contributed by atoms with Crippen molar-refractivity contribution in [1.82, 2.24) is 9.78 Å².